The van der Waals surface area contributed by atoms with Crippen LogP contribution in [0.3, 0.4) is 0 Å². The third-order valence-electron chi connectivity index (χ3n) is 3.12. The van der Waals surface area contributed by atoms with Crippen LogP contribution in [0.15, 0.2) is 24.3 Å². The minimum absolute atomic E-state index is 0.513. The maximum Gasteiger partial charge on any atom is 0.0477 e. The number of rotatable bonds is 4. The van der Waals surface area contributed by atoms with Crippen molar-refractivity contribution in [2.24, 2.45) is 0 Å². The summed E-state index contributed by atoms with van der Waals surface area (Å²) in [6.45, 7) is 3.92. The van der Waals surface area contributed by atoms with Crippen LogP contribution in [0.1, 0.15) is 6.42 Å². The number of halogens is 1. The Bertz CT molecular complexity index is 342. The Morgan fingerprint density at radius 3 is 2.88 bits per heavy atom. The molecule has 2 rings (SSSR count). The van der Waals surface area contributed by atoms with Gasteiger partial charge in [-0.15, -0.1) is 0 Å². The molecular weight excluding hydrogens is 236 g/mol. The van der Waals surface area contributed by atoms with Crippen molar-refractivity contribution in [2.75, 3.05) is 38.3 Å². The molecule has 1 N–H and O–H groups in total. The zero-order valence-electron chi connectivity index (χ0n) is 10.2. The highest BCUT2D eigenvalue weighted by atomic mass is 35.5. The van der Waals surface area contributed by atoms with Crippen molar-refractivity contribution in [1.82, 2.24) is 5.32 Å². The first kappa shape index (κ1) is 12.7. The molecule has 1 fully saturated rings. The number of ether oxygens (including phenoxy) is 1. The van der Waals surface area contributed by atoms with Crippen LogP contribution in [0.25, 0.3) is 0 Å². The molecule has 1 saturated heterocycles. The van der Waals surface area contributed by atoms with Gasteiger partial charge in [0.15, 0.2) is 0 Å². The summed E-state index contributed by atoms with van der Waals surface area (Å²) in [5, 5.41) is 4.31. The molecule has 1 aliphatic heterocycles. The summed E-state index contributed by atoms with van der Waals surface area (Å²) in [7, 11) is 1.75. The first-order valence-corrected chi connectivity index (χ1v) is 6.40. The lowest BCUT2D eigenvalue weighted by molar-refractivity contribution is 0.181. The highest BCUT2D eigenvalue weighted by Gasteiger charge is 2.18. The molecule has 1 aliphatic rings. The Kier molecular flexibility index (Phi) is 4.66. The van der Waals surface area contributed by atoms with E-state index in [4.69, 9.17) is 16.3 Å². The van der Waals surface area contributed by atoms with Crippen LogP contribution in [-0.2, 0) is 4.74 Å². The van der Waals surface area contributed by atoms with Gasteiger partial charge in [0, 0.05) is 50.1 Å². The molecule has 4 heteroatoms. The van der Waals surface area contributed by atoms with Crippen LogP contribution < -0.4 is 10.2 Å². The van der Waals surface area contributed by atoms with E-state index in [-0.39, 0.29) is 0 Å². The molecular formula is C13H19ClN2O. The summed E-state index contributed by atoms with van der Waals surface area (Å²) >= 11 is 5.90. The lowest BCUT2D eigenvalue weighted by Crippen LogP contribution is -2.51. The Morgan fingerprint density at radius 2 is 2.18 bits per heavy atom. The largest absolute Gasteiger partial charge is 0.385 e. The van der Waals surface area contributed by atoms with Crippen molar-refractivity contribution in [3.63, 3.8) is 0 Å². The molecule has 0 spiro atoms. The van der Waals surface area contributed by atoms with Crippen LogP contribution in [0.5, 0.6) is 0 Å². The van der Waals surface area contributed by atoms with E-state index in [9.17, 15) is 0 Å². The number of hydrogen-bond donors (Lipinski definition) is 1. The van der Waals surface area contributed by atoms with Gasteiger partial charge in [0.1, 0.15) is 0 Å². The molecule has 1 unspecified atom stereocenters. The van der Waals surface area contributed by atoms with Crippen LogP contribution >= 0.6 is 11.6 Å². The van der Waals surface area contributed by atoms with Crippen molar-refractivity contribution in [3.05, 3.63) is 29.3 Å². The monoisotopic (exact) mass is 254 g/mol. The van der Waals surface area contributed by atoms with Crippen LogP contribution in [0, 0.1) is 0 Å². The van der Waals surface area contributed by atoms with Gasteiger partial charge in [-0.05, 0) is 30.7 Å². The quantitative estimate of drug-likeness (QED) is 0.891. The maximum atomic E-state index is 5.90. The number of nitrogens with zero attached hydrogens (tertiary/aromatic N) is 1. The van der Waals surface area contributed by atoms with E-state index in [2.05, 4.69) is 22.3 Å². The first-order valence-electron chi connectivity index (χ1n) is 6.02. The van der Waals surface area contributed by atoms with Gasteiger partial charge in [-0.2, -0.15) is 0 Å². The summed E-state index contributed by atoms with van der Waals surface area (Å²) < 4.78 is 5.13. The molecule has 0 aliphatic carbocycles. The molecule has 17 heavy (non-hydrogen) atoms. The fraction of sp³-hybridized carbons (Fsp3) is 0.538. The second-order valence-electron chi connectivity index (χ2n) is 4.35. The summed E-state index contributed by atoms with van der Waals surface area (Å²) in [4.78, 5) is 2.40. The third kappa shape index (κ3) is 3.60. The van der Waals surface area contributed by atoms with Crippen LogP contribution in [-0.4, -0.2) is 39.4 Å². The van der Waals surface area contributed by atoms with E-state index in [1.807, 2.05) is 12.1 Å². The average Bonchev–Trinajstić information content (AvgIpc) is 2.37. The number of piperazine rings is 1. The molecule has 1 aromatic carbocycles. The molecule has 3 nitrogen and oxygen atoms in total. The summed E-state index contributed by atoms with van der Waals surface area (Å²) in [5.41, 5.74) is 1.25. The minimum atomic E-state index is 0.513. The summed E-state index contributed by atoms with van der Waals surface area (Å²) in [6, 6.07) is 8.58. The number of methoxy groups -OCH3 is 1. The average molecular weight is 255 g/mol. The predicted molar refractivity (Wildman–Crippen MR) is 71.9 cm³/mol. The molecule has 1 aromatic rings. The summed E-state index contributed by atoms with van der Waals surface area (Å²) in [6.07, 6.45) is 1.06. The van der Waals surface area contributed by atoms with E-state index >= 15 is 0 Å². The fourth-order valence-electron chi connectivity index (χ4n) is 2.17. The Morgan fingerprint density at radius 1 is 1.41 bits per heavy atom. The highest BCUT2D eigenvalue weighted by Crippen LogP contribution is 2.19. The second kappa shape index (κ2) is 6.24. The van der Waals surface area contributed by atoms with Gasteiger partial charge in [0.2, 0.25) is 0 Å². The molecule has 0 saturated carbocycles. The van der Waals surface area contributed by atoms with Gasteiger partial charge in [0.05, 0.1) is 0 Å². The summed E-state index contributed by atoms with van der Waals surface area (Å²) in [5.74, 6) is 0. The smallest absolute Gasteiger partial charge is 0.0477 e. The van der Waals surface area contributed by atoms with Gasteiger partial charge in [-0.3, -0.25) is 0 Å². The zero-order chi connectivity index (χ0) is 12.1. The normalized spacial score (nSPS) is 20.6. The van der Waals surface area contributed by atoms with E-state index in [0.717, 1.165) is 37.7 Å². The van der Waals surface area contributed by atoms with Crippen molar-refractivity contribution in [3.8, 4) is 0 Å². The van der Waals surface area contributed by atoms with Gasteiger partial charge in [-0.25, -0.2) is 0 Å². The highest BCUT2D eigenvalue weighted by molar-refractivity contribution is 6.30. The Balaban J connectivity index is 1.94. The fourth-order valence-corrected chi connectivity index (χ4v) is 2.29. The zero-order valence-corrected chi connectivity index (χ0v) is 10.9. The molecule has 1 heterocycles. The lowest BCUT2D eigenvalue weighted by Gasteiger charge is -2.35. The van der Waals surface area contributed by atoms with Gasteiger partial charge < -0.3 is 15.0 Å². The predicted octanol–water partition coefficient (Wildman–Crippen LogP) is 2.15. The van der Waals surface area contributed by atoms with Crippen molar-refractivity contribution >= 4 is 17.3 Å². The van der Waals surface area contributed by atoms with Crippen LogP contribution in [0.4, 0.5) is 5.69 Å². The molecule has 0 aromatic heterocycles. The maximum absolute atomic E-state index is 5.90. The molecule has 0 radical (unpaired) electrons. The number of anilines is 1. The van der Waals surface area contributed by atoms with E-state index in [1.165, 1.54) is 5.69 Å². The molecule has 0 amide bonds. The van der Waals surface area contributed by atoms with Crippen LogP contribution in [0.2, 0.25) is 5.02 Å². The molecule has 0 bridgehead atoms. The van der Waals surface area contributed by atoms with Crippen molar-refractivity contribution < 1.29 is 4.74 Å². The Labute approximate surface area is 108 Å². The van der Waals surface area contributed by atoms with E-state index < -0.39 is 0 Å². The van der Waals surface area contributed by atoms with E-state index in [1.54, 1.807) is 7.11 Å². The number of hydrogen-bond acceptors (Lipinski definition) is 3. The van der Waals surface area contributed by atoms with Crippen molar-refractivity contribution in [1.29, 1.82) is 0 Å². The molecule has 1 atom stereocenters. The van der Waals surface area contributed by atoms with Gasteiger partial charge >= 0.3 is 0 Å². The van der Waals surface area contributed by atoms with Crippen molar-refractivity contribution in [2.45, 2.75) is 12.5 Å². The third-order valence-corrected chi connectivity index (χ3v) is 3.37. The van der Waals surface area contributed by atoms with Gasteiger partial charge in [-0.1, -0.05) is 11.6 Å². The first-order chi connectivity index (χ1) is 8.29. The number of benzene rings is 1. The standard InChI is InChI=1S/C13H19ClN2O/c1-17-9-6-12-10-16(8-7-15-12)13-4-2-11(14)3-5-13/h2-5,12,15H,6-10H2,1H3. The van der Waals surface area contributed by atoms with Gasteiger partial charge in [0.25, 0.3) is 0 Å². The topological polar surface area (TPSA) is 24.5 Å². The number of nitrogens with one attached hydrogen (secondary N) is 1. The lowest BCUT2D eigenvalue weighted by atomic mass is 10.1. The Hall–Kier alpha value is -0.770. The second-order valence-corrected chi connectivity index (χ2v) is 4.79. The molecule has 94 valence electrons. The minimum Gasteiger partial charge on any atom is -0.385 e. The SMILES string of the molecule is COCCC1CN(c2ccc(Cl)cc2)CCN1. The van der Waals surface area contributed by atoms with E-state index in [0.29, 0.717) is 6.04 Å².